The molecule has 0 unspecified atom stereocenters. The molecule has 0 bridgehead atoms. The summed E-state index contributed by atoms with van der Waals surface area (Å²) in [5.41, 5.74) is 1.53. The zero-order valence-corrected chi connectivity index (χ0v) is 8.21. The zero-order chi connectivity index (χ0) is 7.52. The zero-order valence-electron chi connectivity index (χ0n) is 6.49. The van der Waals surface area contributed by atoms with Gasteiger partial charge in [-0.25, -0.2) is 0 Å². The van der Waals surface area contributed by atoms with E-state index in [4.69, 9.17) is 0 Å². The monoisotopic (exact) mass is 212 g/mol. The summed E-state index contributed by atoms with van der Waals surface area (Å²) >= 11 is 0.890. The van der Waals surface area contributed by atoms with E-state index in [1.54, 1.807) is 0 Å². The molecule has 2 rings (SSSR count). The Labute approximate surface area is 74.2 Å². The van der Waals surface area contributed by atoms with E-state index in [2.05, 4.69) is 30.3 Å². The van der Waals surface area contributed by atoms with E-state index in [1.165, 1.54) is 23.7 Å². The molecule has 0 spiro atoms. The average Bonchev–Trinajstić information content (AvgIpc) is 2.86. The van der Waals surface area contributed by atoms with Crippen molar-refractivity contribution in [1.82, 2.24) is 0 Å². The molecule has 0 atom stereocenters. The first-order valence-electron chi connectivity index (χ1n) is 4.11. The van der Waals surface area contributed by atoms with E-state index >= 15 is 0 Å². The Bertz CT molecular complexity index is 214. The van der Waals surface area contributed by atoms with Gasteiger partial charge in [0.15, 0.2) is 0 Å². The van der Waals surface area contributed by atoms with E-state index in [0.717, 1.165) is 19.8 Å². The molecular weight excluding hydrogens is 199 g/mol. The quantitative estimate of drug-likeness (QED) is 0.674. The van der Waals surface area contributed by atoms with Gasteiger partial charge in [-0.3, -0.25) is 0 Å². The average molecular weight is 211 g/mol. The summed E-state index contributed by atoms with van der Waals surface area (Å²) in [6, 6.07) is 10.8. The maximum absolute atomic E-state index is 2.24. The van der Waals surface area contributed by atoms with Crippen molar-refractivity contribution in [1.29, 1.82) is 0 Å². The van der Waals surface area contributed by atoms with Gasteiger partial charge in [0.2, 0.25) is 0 Å². The minimum atomic E-state index is 0.890. The van der Waals surface area contributed by atoms with Gasteiger partial charge in [-0.05, 0) is 0 Å². The fourth-order valence-corrected chi connectivity index (χ4v) is 3.31. The molecule has 0 amide bonds. The van der Waals surface area contributed by atoms with Crippen LogP contribution >= 0.6 is 0 Å². The van der Waals surface area contributed by atoms with Crippen LogP contribution in [0.2, 0.25) is 4.82 Å². The molecule has 1 aliphatic rings. The third-order valence-electron chi connectivity index (χ3n) is 1.85. The van der Waals surface area contributed by atoms with Crippen molar-refractivity contribution in [2.45, 2.75) is 23.0 Å². The molecule has 1 fully saturated rings. The molecule has 1 saturated carbocycles. The van der Waals surface area contributed by atoms with Gasteiger partial charge in [0.25, 0.3) is 0 Å². The van der Waals surface area contributed by atoms with Gasteiger partial charge < -0.3 is 0 Å². The fraction of sp³-hybridized carbons (Fsp3) is 0.400. The summed E-state index contributed by atoms with van der Waals surface area (Å²) in [4.78, 5) is 1.13. The molecule has 0 N–H and O–H groups in total. The fourth-order valence-electron chi connectivity index (χ4n) is 1.02. The van der Waals surface area contributed by atoms with Crippen LogP contribution < -0.4 is 0 Å². The number of hydrogen-bond acceptors (Lipinski definition) is 0. The second-order valence-corrected chi connectivity index (χ2v) is 5.70. The predicted octanol–water partition coefficient (Wildman–Crippen LogP) is 2.47. The van der Waals surface area contributed by atoms with Crippen molar-refractivity contribution in [2.75, 3.05) is 0 Å². The molecular formula is C10H12Se. The van der Waals surface area contributed by atoms with Crippen molar-refractivity contribution in [3.63, 3.8) is 0 Å². The Hall–Kier alpha value is -0.261. The van der Waals surface area contributed by atoms with E-state index in [1.807, 2.05) is 0 Å². The Morgan fingerprint density at radius 2 is 1.91 bits per heavy atom. The van der Waals surface area contributed by atoms with E-state index in [9.17, 15) is 0 Å². The molecule has 0 aromatic heterocycles. The standard InChI is InChI=1S/C10H12Se/c1-2-4-9(5-3-1)8-11-10-6-7-10/h1-5,10H,6-8H2. The van der Waals surface area contributed by atoms with Crippen LogP contribution in [0.15, 0.2) is 30.3 Å². The van der Waals surface area contributed by atoms with Gasteiger partial charge in [0.05, 0.1) is 0 Å². The minimum absolute atomic E-state index is 0.890. The van der Waals surface area contributed by atoms with Crippen LogP contribution in [0.3, 0.4) is 0 Å². The van der Waals surface area contributed by atoms with Crippen molar-refractivity contribution >= 4 is 15.0 Å². The number of rotatable bonds is 3. The Kier molecular flexibility index (Phi) is 2.30. The van der Waals surface area contributed by atoms with Gasteiger partial charge in [-0.1, -0.05) is 0 Å². The third kappa shape index (κ3) is 2.35. The van der Waals surface area contributed by atoms with Crippen LogP contribution in [0.1, 0.15) is 18.4 Å². The van der Waals surface area contributed by atoms with Crippen molar-refractivity contribution in [3.05, 3.63) is 35.9 Å². The van der Waals surface area contributed by atoms with Crippen LogP contribution in [-0.4, -0.2) is 15.0 Å². The molecule has 1 aromatic carbocycles. The molecule has 0 radical (unpaired) electrons. The van der Waals surface area contributed by atoms with Crippen LogP contribution in [0.4, 0.5) is 0 Å². The Morgan fingerprint density at radius 1 is 1.18 bits per heavy atom. The van der Waals surface area contributed by atoms with Crippen molar-refractivity contribution in [3.8, 4) is 0 Å². The predicted molar refractivity (Wildman–Crippen MR) is 48.9 cm³/mol. The first-order valence-corrected chi connectivity index (χ1v) is 6.31. The number of benzene rings is 1. The summed E-state index contributed by atoms with van der Waals surface area (Å²) in [5, 5.41) is 1.35. The molecule has 1 aromatic rings. The first kappa shape index (κ1) is 7.39. The number of hydrogen-bond donors (Lipinski definition) is 0. The summed E-state index contributed by atoms with van der Waals surface area (Å²) < 4.78 is 0. The molecule has 0 nitrogen and oxygen atoms in total. The topological polar surface area (TPSA) is 0 Å². The summed E-state index contributed by atoms with van der Waals surface area (Å²) in [6.07, 6.45) is 3.01. The van der Waals surface area contributed by atoms with Gasteiger partial charge in [-0.2, -0.15) is 0 Å². The molecule has 1 aliphatic carbocycles. The van der Waals surface area contributed by atoms with Crippen LogP contribution in [0.25, 0.3) is 0 Å². The summed E-state index contributed by atoms with van der Waals surface area (Å²) in [5.74, 6) is 0. The van der Waals surface area contributed by atoms with Gasteiger partial charge >= 0.3 is 73.8 Å². The van der Waals surface area contributed by atoms with Crippen LogP contribution in [-0.2, 0) is 5.32 Å². The normalized spacial score (nSPS) is 16.7. The van der Waals surface area contributed by atoms with E-state index in [-0.39, 0.29) is 0 Å². The van der Waals surface area contributed by atoms with Crippen LogP contribution in [0.5, 0.6) is 0 Å². The van der Waals surface area contributed by atoms with Crippen molar-refractivity contribution < 1.29 is 0 Å². The molecule has 58 valence electrons. The summed E-state index contributed by atoms with van der Waals surface area (Å²) in [6.45, 7) is 0. The van der Waals surface area contributed by atoms with Gasteiger partial charge in [0, 0.05) is 0 Å². The second kappa shape index (κ2) is 3.42. The molecule has 0 saturated heterocycles. The van der Waals surface area contributed by atoms with E-state index in [0.29, 0.717) is 0 Å². The SMILES string of the molecule is c1ccc(C[Se]C2CC2)cc1. The van der Waals surface area contributed by atoms with Crippen LogP contribution in [0, 0.1) is 0 Å². The first-order chi connectivity index (χ1) is 5.45. The summed E-state index contributed by atoms with van der Waals surface area (Å²) in [7, 11) is 0. The molecule has 1 heteroatoms. The molecule has 0 aliphatic heterocycles. The maximum atomic E-state index is 2.24. The van der Waals surface area contributed by atoms with E-state index < -0.39 is 0 Å². The third-order valence-corrected chi connectivity index (χ3v) is 4.88. The van der Waals surface area contributed by atoms with Crippen molar-refractivity contribution in [2.24, 2.45) is 0 Å². The molecule has 0 heterocycles. The van der Waals surface area contributed by atoms with Gasteiger partial charge in [0.1, 0.15) is 0 Å². The Balaban J connectivity index is 1.85. The second-order valence-electron chi connectivity index (χ2n) is 3.00. The van der Waals surface area contributed by atoms with Gasteiger partial charge in [-0.15, -0.1) is 0 Å². The molecule has 11 heavy (non-hydrogen) atoms. The Morgan fingerprint density at radius 3 is 2.55 bits per heavy atom.